The van der Waals surface area contributed by atoms with E-state index in [1.165, 1.54) is 6.07 Å². The zero-order valence-corrected chi connectivity index (χ0v) is 20.1. The molecule has 5 nitrogen and oxygen atoms in total. The van der Waals surface area contributed by atoms with Gasteiger partial charge in [-0.2, -0.15) is 0 Å². The molecule has 1 atom stereocenters. The van der Waals surface area contributed by atoms with Crippen LogP contribution in [0.2, 0.25) is 5.02 Å². The van der Waals surface area contributed by atoms with E-state index in [1.807, 2.05) is 36.4 Å². The van der Waals surface area contributed by atoms with Crippen molar-refractivity contribution >= 4 is 40.2 Å². The van der Waals surface area contributed by atoms with Crippen molar-refractivity contribution in [3.63, 3.8) is 0 Å². The van der Waals surface area contributed by atoms with Crippen molar-refractivity contribution in [2.45, 2.75) is 24.9 Å². The smallest absolute Gasteiger partial charge is 0.304 e. The average Bonchev–Trinajstić information content (AvgIpc) is 3.02. The number of benzene rings is 3. The first kappa shape index (κ1) is 23.5. The van der Waals surface area contributed by atoms with Gasteiger partial charge in [0.2, 0.25) is 0 Å². The Bertz CT molecular complexity index is 1410. The molecule has 1 aliphatic rings. The number of nitrogens with zero attached hydrogens (tertiary/aromatic N) is 1. The zero-order valence-electron chi connectivity index (χ0n) is 18.5. The van der Waals surface area contributed by atoms with Crippen LogP contribution in [0.3, 0.4) is 0 Å². The van der Waals surface area contributed by atoms with Crippen molar-refractivity contribution in [1.82, 2.24) is 4.98 Å². The number of carbonyl (C=O) groups is 1. The molecule has 0 fully saturated rings. The van der Waals surface area contributed by atoms with E-state index in [0.717, 1.165) is 22.4 Å². The molecule has 3 aromatic carbocycles. The lowest BCUT2D eigenvalue weighted by atomic mass is 10.00. The molecular formula is C27H21ClFNO4S. The lowest BCUT2D eigenvalue weighted by Crippen LogP contribution is -2.04. The number of rotatable bonds is 7. The van der Waals surface area contributed by atoms with Crippen LogP contribution in [0.4, 0.5) is 4.39 Å². The third-order valence-corrected chi connectivity index (χ3v) is 7.36. The summed E-state index contributed by atoms with van der Waals surface area (Å²) in [6.07, 6.45) is 0.0733. The van der Waals surface area contributed by atoms with E-state index < -0.39 is 11.8 Å². The highest BCUT2D eigenvalue weighted by atomic mass is 35.5. The number of aliphatic carboxylic acids is 1. The van der Waals surface area contributed by atoms with Crippen LogP contribution in [0.1, 0.15) is 34.1 Å². The van der Waals surface area contributed by atoms with Gasteiger partial charge in [0.15, 0.2) is 5.82 Å². The number of fused-ring (bicyclic) bond motifs is 3. The van der Waals surface area contributed by atoms with Gasteiger partial charge in [-0.25, -0.2) is 9.37 Å². The minimum Gasteiger partial charge on any atom is -0.489 e. The molecule has 1 aliphatic heterocycles. The van der Waals surface area contributed by atoms with Gasteiger partial charge in [-0.05, 0) is 41.5 Å². The van der Waals surface area contributed by atoms with E-state index in [0.29, 0.717) is 29.2 Å². The van der Waals surface area contributed by atoms with Crippen LogP contribution < -0.4 is 9.47 Å². The van der Waals surface area contributed by atoms with Crippen LogP contribution >= 0.6 is 23.4 Å². The predicted molar refractivity (Wildman–Crippen MR) is 135 cm³/mol. The van der Waals surface area contributed by atoms with Crippen molar-refractivity contribution in [2.75, 3.05) is 5.75 Å². The van der Waals surface area contributed by atoms with Gasteiger partial charge < -0.3 is 14.6 Å². The maximum absolute atomic E-state index is 14.4. The molecule has 0 saturated heterocycles. The maximum atomic E-state index is 14.4. The van der Waals surface area contributed by atoms with Crippen molar-refractivity contribution in [3.8, 4) is 11.5 Å². The van der Waals surface area contributed by atoms with Gasteiger partial charge in [0, 0.05) is 16.7 Å². The Morgan fingerprint density at radius 3 is 2.83 bits per heavy atom. The van der Waals surface area contributed by atoms with Gasteiger partial charge in [-0.15, -0.1) is 11.8 Å². The second-order valence-corrected chi connectivity index (χ2v) is 9.73. The fourth-order valence-electron chi connectivity index (χ4n) is 4.05. The molecule has 35 heavy (non-hydrogen) atoms. The minimum absolute atomic E-state index is 0.0283. The molecule has 0 bridgehead atoms. The molecule has 8 heteroatoms. The summed E-state index contributed by atoms with van der Waals surface area (Å²) in [5.74, 6) is 0.446. The topological polar surface area (TPSA) is 68.7 Å². The Morgan fingerprint density at radius 1 is 1.14 bits per heavy atom. The zero-order chi connectivity index (χ0) is 24.4. The first-order chi connectivity index (χ1) is 17.0. The average molecular weight is 510 g/mol. The van der Waals surface area contributed by atoms with E-state index in [-0.39, 0.29) is 28.8 Å². The third kappa shape index (κ3) is 5.06. The Kier molecular flexibility index (Phi) is 6.79. The molecule has 1 unspecified atom stereocenters. The number of carboxylic acid groups (broad SMARTS) is 1. The molecule has 178 valence electrons. The van der Waals surface area contributed by atoms with Crippen LogP contribution in [-0.2, 0) is 18.0 Å². The largest absolute Gasteiger partial charge is 0.489 e. The molecule has 0 aliphatic carbocycles. The minimum atomic E-state index is -0.825. The number of carboxylic acids is 1. The first-order valence-corrected chi connectivity index (χ1v) is 12.5. The summed E-state index contributed by atoms with van der Waals surface area (Å²) in [5, 5.41) is 9.71. The summed E-state index contributed by atoms with van der Waals surface area (Å²) in [6.45, 7) is 0.587. The number of thioether (sulfide) groups is 1. The summed E-state index contributed by atoms with van der Waals surface area (Å²) in [7, 11) is 0. The van der Waals surface area contributed by atoms with Crippen LogP contribution in [0.25, 0.3) is 10.9 Å². The number of hydrogen-bond acceptors (Lipinski definition) is 5. The SMILES string of the molecule is O=C(O)CCSC1c2ccccc2COc2ccc(OCc3ccc4ccc(Cl)c(F)c4n3)cc21. The molecule has 5 rings (SSSR count). The maximum Gasteiger partial charge on any atom is 0.304 e. The Morgan fingerprint density at radius 2 is 1.97 bits per heavy atom. The number of hydrogen-bond donors (Lipinski definition) is 1. The highest BCUT2D eigenvalue weighted by Gasteiger charge is 2.26. The van der Waals surface area contributed by atoms with Gasteiger partial charge in [0.25, 0.3) is 0 Å². The third-order valence-electron chi connectivity index (χ3n) is 5.78. The predicted octanol–water partition coefficient (Wildman–Crippen LogP) is 6.80. The van der Waals surface area contributed by atoms with E-state index >= 15 is 0 Å². The number of pyridine rings is 1. The van der Waals surface area contributed by atoms with Gasteiger partial charge in [-0.3, -0.25) is 4.79 Å². The van der Waals surface area contributed by atoms with E-state index in [1.54, 1.807) is 30.0 Å². The van der Waals surface area contributed by atoms with Crippen LogP contribution in [0, 0.1) is 5.82 Å². The van der Waals surface area contributed by atoms with Crippen molar-refractivity contribution in [3.05, 3.63) is 100.0 Å². The highest BCUT2D eigenvalue weighted by Crippen LogP contribution is 2.45. The van der Waals surface area contributed by atoms with Crippen LogP contribution in [0.15, 0.2) is 66.7 Å². The fourth-order valence-corrected chi connectivity index (χ4v) is 5.50. The summed E-state index contributed by atoms with van der Waals surface area (Å²) in [6, 6.07) is 20.5. The fraction of sp³-hybridized carbons (Fsp3) is 0.185. The van der Waals surface area contributed by atoms with Crippen molar-refractivity contribution < 1.29 is 23.8 Å². The Hall–Kier alpha value is -3.29. The summed E-state index contributed by atoms with van der Waals surface area (Å²) >= 11 is 7.47. The number of ether oxygens (including phenoxy) is 2. The summed E-state index contributed by atoms with van der Waals surface area (Å²) in [5.41, 5.74) is 3.87. The quantitative estimate of drug-likeness (QED) is 0.295. The number of halogens is 2. The second-order valence-electron chi connectivity index (χ2n) is 8.11. The van der Waals surface area contributed by atoms with Crippen LogP contribution in [-0.4, -0.2) is 21.8 Å². The number of aromatic nitrogens is 1. The van der Waals surface area contributed by atoms with E-state index in [9.17, 15) is 9.18 Å². The summed E-state index contributed by atoms with van der Waals surface area (Å²) < 4.78 is 26.5. The molecule has 1 aromatic heterocycles. The van der Waals surface area contributed by atoms with Gasteiger partial charge in [0.05, 0.1) is 22.4 Å². The Balaban J connectivity index is 1.42. The molecule has 0 radical (unpaired) electrons. The molecule has 2 heterocycles. The second kappa shape index (κ2) is 10.1. The van der Waals surface area contributed by atoms with Gasteiger partial charge >= 0.3 is 5.97 Å². The Labute approximate surface area is 210 Å². The first-order valence-electron chi connectivity index (χ1n) is 11.0. The van der Waals surface area contributed by atoms with Crippen LogP contribution in [0.5, 0.6) is 11.5 Å². The van der Waals surface area contributed by atoms with Gasteiger partial charge in [-0.1, -0.05) is 48.0 Å². The van der Waals surface area contributed by atoms with E-state index in [4.69, 9.17) is 26.2 Å². The molecule has 0 spiro atoms. The normalized spacial score (nSPS) is 14.5. The summed E-state index contributed by atoms with van der Waals surface area (Å²) in [4.78, 5) is 15.5. The molecule has 4 aromatic rings. The van der Waals surface area contributed by atoms with Crippen molar-refractivity contribution in [2.24, 2.45) is 0 Å². The monoisotopic (exact) mass is 509 g/mol. The highest BCUT2D eigenvalue weighted by molar-refractivity contribution is 7.99. The lowest BCUT2D eigenvalue weighted by Gasteiger charge is -2.19. The van der Waals surface area contributed by atoms with Gasteiger partial charge in [0.1, 0.15) is 30.2 Å². The standard InChI is InChI=1S/C27H21ClFNO4S/c28-22-9-6-16-5-7-18(30-26(16)25(22)29)15-33-19-8-10-23-21(13-19)27(35-12-11-24(31)32)20-4-2-1-3-17(20)14-34-23/h1-10,13,27H,11-12,14-15H2,(H,31,32). The molecular weight excluding hydrogens is 489 g/mol. The molecule has 0 saturated carbocycles. The van der Waals surface area contributed by atoms with E-state index in [2.05, 4.69) is 11.1 Å². The molecule has 0 amide bonds. The molecule has 1 N–H and O–H groups in total. The van der Waals surface area contributed by atoms with Crippen molar-refractivity contribution in [1.29, 1.82) is 0 Å². The lowest BCUT2D eigenvalue weighted by molar-refractivity contribution is -0.136.